The second kappa shape index (κ2) is 7.15. The maximum Gasteiger partial charge on any atom is 0.248 e. The summed E-state index contributed by atoms with van der Waals surface area (Å²) in [6.07, 6.45) is 0. The first-order chi connectivity index (χ1) is 12.4. The van der Waals surface area contributed by atoms with Crippen molar-refractivity contribution in [2.75, 3.05) is 31.1 Å². The summed E-state index contributed by atoms with van der Waals surface area (Å²) in [4.78, 5) is 13.3. The van der Waals surface area contributed by atoms with Crippen molar-refractivity contribution in [3.8, 4) is 6.07 Å². The number of hydrogen-bond donors (Lipinski definition) is 1. The lowest BCUT2D eigenvalue weighted by Crippen LogP contribution is -2.48. The molecule has 26 heavy (non-hydrogen) atoms. The fraction of sp³-hybridized carbons (Fsp3) is 0.222. The second-order valence-corrected chi connectivity index (χ2v) is 7.88. The van der Waals surface area contributed by atoms with Gasteiger partial charge in [0.05, 0.1) is 16.5 Å². The first-order valence-electron chi connectivity index (χ1n) is 8.07. The van der Waals surface area contributed by atoms with Crippen LogP contribution in [-0.4, -0.2) is 44.8 Å². The van der Waals surface area contributed by atoms with Gasteiger partial charge < -0.3 is 10.6 Å². The minimum absolute atomic E-state index is 0.135. The molecule has 1 aliphatic rings. The number of carbonyl (C=O) groups excluding carboxylic acids is 1. The van der Waals surface area contributed by atoms with Gasteiger partial charge in [0.1, 0.15) is 0 Å². The van der Waals surface area contributed by atoms with E-state index in [0.717, 1.165) is 5.69 Å². The van der Waals surface area contributed by atoms with E-state index in [1.54, 1.807) is 36.4 Å². The third-order valence-corrected chi connectivity index (χ3v) is 6.25. The smallest absolute Gasteiger partial charge is 0.248 e. The van der Waals surface area contributed by atoms with Crippen molar-refractivity contribution in [3.05, 3.63) is 59.7 Å². The molecule has 8 heteroatoms. The fourth-order valence-electron chi connectivity index (χ4n) is 2.90. The molecule has 1 amide bonds. The van der Waals surface area contributed by atoms with E-state index in [-0.39, 0.29) is 4.90 Å². The molecule has 2 N–H and O–H groups in total. The normalized spacial score (nSPS) is 15.4. The number of carbonyl (C=O) groups is 1. The van der Waals surface area contributed by atoms with Gasteiger partial charge in [-0.05, 0) is 42.5 Å². The molecule has 0 radical (unpaired) electrons. The highest BCUT2D eigenvalue weighted by atomic mass is 32.2. The number of piperazine rings is 1. The molecule has 3 rings (SSSR count). The van der Waals surface area contributed by atoms with E-state index in [1.165, 1.54) is 16.4 Å². The average Bonchev–Trinajstić information content (AvgIpc) is 2.68. The number of benzene rings is 2. The molecule has 0 aliphatic carbocycles. The van der Waals surface area contributed by atoms with Crippen LogP contribution in [0.15, 0.2) is 53.4 Å². The Morgan fingerprint density at radius 1 is 1.04 bits per heavy atom. The first-order valence-corrected chi connectivity index (χ1v) is 9.51. The van der Waals surface area contributed by atoms with Crippen molar-refractivity contribution in [3.63, 3.8) is 0 Å². The van der Waals surface area contributed by atoms with Crippen molar-refractivity contribution >= 4 is 21.6 Å². The molecule has 0 aromatic heterocycles. The number of sulfonamides is 1. The van der Waals surface area contributed by atoms with Crippen LogP contribution in [-0.2, 0) is 10.0 Å². The van der Waals surface area contributed by atoms with Gasteiger partial charge in [-0.15, -0.1) is 0 Å². The predicted octanol–water partition coefficient (Wildman–Crippen LogP) is 1.17. The fourth-order valence-corrected chi connectivity index (χ4v) is 4.37. The minimum Gasteiger partial charge on any atom is -0.369 e. The highest BCUT2D eigenvalue weighted by Gasteiger charge is 2.28. The van der Waals surface area contributed by atoms with Crippen LogP contribution in [0, 0.1) is 11.3 Å². The zero-order valence-electron chi connectivity index (χ0n) is 14.0. The molecule has 0 atom stereocenters. The van der Waals surface area contributed by atoms with E-state index in [9.17, 15) is 13.2 Å². The summed E-state index contributed by atoms with van der Waals surface area (Å²) < 4.78 is 27.0. The van der Waals surface area contributed by atoms with E-state index in [2.05, 4.69) is 4.90 Å². The van der Waals surface area contributed by atoms with Gasteiger partial charge in [0.25, 0.3) is 0 Å². The molecular formula is C18H18N4O3S. The molecule has 0 spiro atoms. The molecule has 0 saturated carbocycles. The summed E-state index contributed by atoms with van der Waals surface area (Å²) in [6, 6.07) is 14.9. The maximum atomic E-state index is 12.8. The van der Waals surface area contributed by atoms with Gasteiger partial charge in [-0.2, -0.15) is 9.57 Å². The van der Waals surface area contributed by atoms with Gasteiger partial charge >= 0.3 is 0 Å². The predicted molar refractivity (Wildman–Crippen MR) is 97.1 cm³/mol. The summed E-state index contributed by atoms with van der Waals surface area (Å²) >= 11 is 0. The zero-order chi connectivity index (χ0) is 18.7. The number of amides is 1. The molecule has 1 fully saturated rings. The van der Waals surface area contributed by atoms with Crippen LogP contribution in [0.25, 0.3) is 0 Å². The van der Waals surface area contributed by atoms with Gasteiger partial charge in [0, 0.05) is 37.4 Å². The third-order valence-electron chi connectivity index (χ3n) is 4.36. The Morgan fingerprint density at radius 2 is 1.69 bits per heavy atom. The van der Waals surface area contributed by atoms with E-state index < -0.39 is 15.9 Å². The van der Waals surface area contributed by atoms with E-state index in [4.69, 9.17) is 11.0 Å². The quantitative estimate of drug-likeness (QED) is 0.869. The molecule has 2 aromatic rings. The van der Waals surface area contributed by atoms with Crippen LogP contribution in [0.2, 0.25) is 0 Å². The van der Waals surface area contributed by atoms with Crippen LogP contribution >= 0.6 is 0 Å². The molecule has 2 aromatic carbocycles. The lowest BCUT2D eigenvalue weighted by molar-refractivity contribution is 0.100. The first kappa shape index (κ1) is 17.9. The summed E-state index contributed by atoms with van der Waals surface area (Å²) in [5.74, 6) is -0.480. The molecule has 0 bridgehead atoms. The summed E-state index contributed by atoms with van der Waals surface area (Å²) in [6.45, 7) is 1.76. The molecule has 7 nitrogen and oxygen atoms in total. The second-order valence-electron chi connectivity index (χ2n) is 5.94. The Morgan fingerprint density at radius 3 is 2.27 bits per heavy atom. The molecule has 1 saturated heterocycles. The van der Waals surface area contributed by atoms with Crippen LogP contribution in [0.5, 0.6) is 0 Å². The number of hydrogen-bond acceptors (Lipinski definition) is 5. The number of rotatable bonds is 4. The standard InChI is InChI=1S/C18H18N4O3S/c19-13-14-2-1-3-17(12-14)26(24,25)22-10-8-21(9-11-22)16-6-4-15(5-7-16)18(20)23/h1-7,12H,8-11H2,(H2,20,23). The van der Waals surface area contributed by atoms with Gasteiger partial charge in [-0.25, -0.2) is 8.42 Å². The van der Waals surface area contributed by atoms with E-state index >= 15 is 0 Å². The Labute approximate surface area is 152 Å². The Bertz CT molecular complexity index is 957. The monoisotopic (exact) mass is 370 g/mol. The highest BCUT2D eigenvalue weighted by molar-refractivity contribution is 7.89. The third kappa shape index (κ3) is 3.54. The van der Waals surface area contributed by atoms with Crippen LogP contribution in [0.1, 0.15) is 15.9 Å². The highest BCUT2D eigenvalue weighted by Crippen LogP contribution is 2.22. The SMILES string of the molecule is N#Cc1cccc(S(=O)(=O)N2CCN(c3ccc(C(N)=O)cc3)CC2)c1. The maximum absolute atomic E-state index is 12.8. The lowest BCUT2D eigenvalue weighted by Gasteiger charge is -2.35. The number of primary amides is 1. The van der Waals surface area contributed by atoms with E-state index in [1.807, 2.05) is 6.07 Å². The number of anilines is 1. The largest absolute Gasteiger partial charge is 0.369 e. The van der Waals surface area contributed by atoms with Crippen molar-refractivity contribution in [1.82, 2.24) is 4.31 Å². The van der Waals surface area contributed by atoms with Gasteiger partial charge in [-0.1, -0.05) is 6.07 Å². The number of nitrogens with zero attached hydrogens (tertiary/aromatic N) is 3. The molecule has 1 heterocycles. The van der Waals surface area contributed by atoms with Gasteiger partial charge in [-0.3, -0.25) is 4.79 Å². The Balaban J connectivity index is 1.71. The van der Waals surface area contributed by atoms with Crippen LogP contribution in [0.3, 0.4) is 0 Å². The Kier molecular flexibility index (Phi) is 4.93. The molecule has 1 aliphatic heterocycles. The van der Waals surface area contributed by atoms with E-state index in [0.29, 0.717) is 37.3 Å². The van der Waals surface area contributed by atoms with Crippen molar-refractivity contribution < 1.29 is 13.2 Å². The average molecular weight is 370 g/mol. The van der Waals surface area contributed by atoms with Crippen molar-refractivity contribution in [2.24, 2.45) is 5.73 Å². The summed E-state index contributed by atoms with van der Waals surface area (Å²) in [5, 5.41) is 8.96. The number of nitriles is 1. The topological polar surface area (TPSA) is 108 Å². The summed E-state index contributed by atoms with van der Waals surface area (Å²) in [5.41, 5.74) is 6.91. The minimum atomic E-state index is -3.62. The van der Waals surface area contributed by atoms with Crippen molar-refractivity contribution in [1.29, 1.82) is 5.26 Å². The molecular weight excluding hydrogens is 352 g/mol. The van der Waals surface area contributed by atoms with Crippen LogP contribution < -0.4 is 10.6 Å². The molecule has 134 valence electrons. The summed E-state index contributed by atoms with van der Waals surface area (Å²) in [7, 11) is -3.62. The van der Waals surface area contributed by atoms with Gasteiger partial charge in [0.2, 0.25) is 15.9 Å². The number of nitrogens with two attached hydrogens (primary N) is 1. The van der Waals surface area contributed by atoms with Crippen LogP contribution in [0.4, 0.5) is 5.69 Å². The van der Waals surface area contributed by atoms with Gasteiger partial charge in [0.15, 0.2) is 0 Å². The zero-order valence-corrected chi connectivity index (χ0v) is 14.8. The lowest BCUT2D eigenvalue weighted by atomic mass is 10.2. The molecule has 0 unspecified atom stereocenters. The van der Waals surface area contributed by atoms with Crippen molar-refractivity contribution in [2.45, 2.75) is 4.90 Å². The Hall–Kier alpha value is -2.89.